The van der Waals surface area contributed by atoms with Crippen molar-refractivity contribution in [1.29, 1.82) is 0 Å². The maximum Gasteiger partial charge on any atom is 0.255 e. The van der Waals surface area contributed by atoms with E-state index in [0.29, 0.717) is 39.9 Å². The highest BCUT2D eigenvalue weighted by Gasteiger charge is 2.21. The summed E-state index contributed by atoms with van der Waals surface area (Å²) in [5.74, 6) is 0.566. The molecule has 0 aliphatic carbocycles. The number of carbonyl (C=O) groups excluding carboxylic acids is 2. The molecule has 0 atom stereocenters. The predicted octanol–water partition coefficient (Wildman–Crippen LogP) is 5.03. The van der Waals surface area contributed by atoms with Crippen molar-refractivity contribution in [3.8, 4) is 11.5 Å². The van der Waals surface area contributed by atoms with Gasteiger partial charge < -0.3 is 19.7 Å². The summed E-state index contributed by atoms with van der Waals surface area (Å²) in [5, 5.41) is 3.22. The van der Waals surface area contributed by atoms with E-state index in [4.69, 9.17) is 21.1 Å². The van der Waals surface area contributed by atoms with Gasteiger partial charge in [0.1, 0.15) is 0 Å². The number of hydrogen-bond donors (Lipinski definition) is 1. The molecule has 0 spiro atoms. The summed E-state index contributed by atoms with van der Waals surface area (Å²) in [5.41, 5.74) is 1.69. The van der Waals surface area contributed by atoms with E-state index >= 15 is 0 Å². The van der Waals surface area contributed by atoms with Crippen LogP contribution in [-0.4, -0.2) is 43.5 Å². The Hall–Kier alpha value is -2.99. The number of amides is 2. The third-order valence-electron chi connectivity index (χ3n) is 5.03. The zero-order valence-electron chi connectivity index (χ0n) is 17.8. The number of carbonyl (C=O) groups is 2. The summed E-state index contributed by atoms with van der Waals surface area (Å²) >= 11 is 6.29. The number of hydrogen-bond acceptors (Lipinski definition) is 4. The van der Waals surface area contributed by atoms with Gasteiger partial charge >= 0.3 is 0 Å². The van der Waals surface area contributed by atoms with Gasteiger partial charge in [0.15, 0.2) is 11.5 Å². The van der Waals surface area contributed by atoms with Crippen molar-refractivity contribution in [3.05, 3.63) is 58.6 Å². The lowest BCUT2D eigenvalue weighted by Crippen LogP contribution is -2.36. The van der Waals surface area contributed by atoms with Crippen molar-refractivity contribution in [3.63, 3.8) is 0 Å². The standard InChI is InChI=1S/C24H27ClN2O4/c1-3-31-23-19(25)15-17(16-21(23)30-2)11-12-22(28)26-20-10-6-5-9-18(20)24(29)27-13-7-4-8-14-27/h5-6,9-12,15-16H,3-4,7-8,13-14H2,1-2H3,(H,26,28)/b12-11+. The zero-order valence-corrected chi connectivity index (χ0v) is 18.6. The molecule has 0 radical (unpaired) electrons. The summed E-state index contributed by atoms with van der Waals surface area (Å²) < 4.78 is 10.8. The molecule has 1 fully saturated rings. The second-order valence-corrected chi connectivity index (χ2v) is 7.60. The summed E-state index contributed by atoms with van der Waals surface area (Å²) in [6, 6.07) is 10.5. The molecule has 1 heterocycles. The van der Waals surface area contributed by atoms with Crippen LogP contribution in [0.1, 0.15) is 42.1 Å². The highest BCUT2D eigenvalue weighted by molar-refractivity contribution is 6.32. The lowest BCUT2D eigenvalue weighted by atomic mass is 10.1. The molecular formula is C24H27ClN2O4. The first kappa shape index (κ1) is 22.7. The average molecular weight is 443 g/mol. The molecule has 164 valence electrons. The van der Waals surface area contributed by atoms with Crippen LogP contribution in [0.3, 0.4) is 0 Å². The van der Waals surface area contributed by atoms with Gasteiger partial charge in [-0.3, -0.25) is 9.59 Å². The third kappa shape index (κ3) is 5.79. The largest absolute Gasteiger partial charge is 0.493 e. The number of piperidine rings is 1. The van der Waals surface area contributed by atoms with Crippen LogP contribution in [0.15, 0.2) is 42.5 Å². The fourth-order valence-electron chi connectivity index (χ4n) is 3.51. The molecule has 1 N–H and O–H groups in total. The molecule has 1 aliphatic heterocycles. The molecule has 3 rings (SSSR count). The highest BCUT2D eigenvalue weighted by atomic mass is 35.5. The van der Waals surface area contributed by atoms with E-state index in [1.54, 1.807) is 42.5 Å². The fourth-order valence-corrected chi connectivity index (χ4v) is 3.79. The smallest absolute Gasteiger partial charge is 0.255 e. The van der Waals surface area contributed by atoms with E-state index in [2.05, 4.69) is 5.32 Å². The van der Waals surface area contributed by atoms with Gasteiger partial charge in [-0.2, -0.15) is 0 Å². The number of para-hydroxylation sites is 1. The normalized spacial score (nSPS) is 13.8. The summed E-state index contributed by atoms with van der Waals surface area (Å²) in [6.45, 7) is 3.83. The molecule has 7 heteroatoms. The maximum absolute atomic E-state index is 12.9. The van der Waals surface area contributed by atoms with Crippen LogP contribution in [0.2, 0.25) is 5.02 Å². The topological polar surface area (TPSA) is 67.9 Å². The van der Waals surface area contributed by atoms with Crippen molar-refractivity contribution >= 4 is 35.2 Å². The molecule has 0 bridgehead atoms. The zero-order chi connectivity index (χ0) is 22.2. The minimum atomic E-state index is -0.345. The highest BCUT2D eigenvalue weighted by Crippen LogP contribution is 2.36. The van der Waals surface area contributed by atoms with E-state index in [9.17, 15) is 9.59 Å². The van der Waals surface area contributed by atoms with E-state index < -0.39 is 0 Å². The Bertz CT molecular complexity index is 968. The van der Waals surface area contributed by atoms with Gasteiger partial charge in [-0.1, -0.05) is 23.7 Å². The first-order valence-corrected chi connectivity index (χ1v) is 10.8. The number of likely N-dealkylation sites (tertiary alicyclic amines) is 1. The second-order valence-electron chi connectivity index (χ2n) is 7.19. The van der Waals surface area contributed by atoms with Crippen LogP contribution in [0.5, 0.6) is 11.5 Å². The van der Waals surface area contributed by atoms with Gasteiger partial charge in [-0.15, -0.1) is 0 Å². The number of halogens is 1. The second kappa shape index (κ2) is 10.9. The van der Waals surface area contributed by atoms with Crippen molar-refractivity contribution in [2.75, 3.05) is 32.1 Å². The fraction of sp³-hybridized carbons (Fsp3) is 0.333. The molecule has 0 saturated carbocycles. The van der Waals surface area contributed by atoms with Crippen LogP contribution in [0.25, 0.3) is 6.08 Å². The Balaban J connectivity index is 1.73. The van der Waals surface area contributed by atoms with Gasteiger partial charge in [-0.25, -0.2) is 0 Å². The van der Waals surface area contributed by atoms with Crippen molar-refractivity contribution in [1.82, 2.24) is 4.90 Å². The number of methoxy groups -OCH3 is 1. The van der Waals surface area contributed by atoms with Crippen LogP contribution in [-0.2, 0) is 4.79 Å². The van der Waals surface area contributed by atoms with Gasteiger partial charge in [0.05, 0.1) is 30.0 Å². The monoisotopic (exact) mass is 442 g/mol. The molecular weight excluding hydrogens is 416 g/mol. The molecule has 2 aromatic carbocycles. The Kier molecular flexibility index (Phi) is 7.95. The molecule has 6 nitrogen and oxygen atoms in total. The quantitative estimate of drug-likeness (QED) is 0.611. The first-order chi connectivity index (χ1) is 15.0. The third-order valence-corrected chi connectivity index (χ3v) is 5.31. The molecule has 1 saturated heterocycles. The number of nitrogens with zero attached hydrogens (tertiary/aromatic N) is 1. The molecule has 0 unspecified atom stereocenters. The lowest BCUT2D eigenvalue weighted by Gasteiger charge is -2.27. The number of anilines is 1. The molecule has 31 heavy (non-hydrogen) atoms. The first-order valence-electron chi connectivity index (χ1n) is 10.4. The van der Waals surface area contributed by atoms with Crippen molar-refractivity contribution < 1.29 is 19.1 Å². The molecule has 2 amide bonds. The minimum Gasteiger partial charge on any atom is -0.493 e. The van der Waals surface area contributed by atoms with Gasteiger partial charge in [-0.05, 0) is 62.1 Å². The van der Waals surface area contributed by atoms with Crippen LogP contribution >= 0.6 is 11.6 Å². The summed E-state index contributed by atoms with van der Waals surface area (Å²) in [6.07, 6.45) is 6.20. The van der Waals surface area contributed by atoms with E-state index in [1.807, 2.05) is 11.8 Å². The van der Waals surface area contributed by atoms with Crippen LogP contribution in [0, 0.1) is 0 Å². The van der Waals surface area contributed by atoms with Crippen LogP contribution < -0.4 is 14.8 Å². The number of nitrogens with one attached hydrogen (secondary N) is 1. The SMILES string of the molecule is CCOc1c(Cl)cc(/C=C/C(=O)Nc2ccccc2C(=O)N2CCCCC2)cc1OC. The molecule has 2 aromatic rings. The van der Waals surface area contributed by atoms with E-state index in [0.717, 1.165) is 32.4 Å². The summed E-state index contributed by atoms with van der Waals surface area (Å²) in [7, 11) is 1.53. The number of benzene rings is 2. The summed E-state index contributed by atoms with van der Waals surface area (Å²) in [4.78, 5) is 27.3. The Morgan fingerprint density at radius 3 is 2.61 bits per heavy atom. The predicted molar refractivity (Wildman–Crippen MR) is 123 cm³/mol. The maximum atomic E-state index is 12.9. The van der Waals surface area contributed by atoms with Crippen molar-refractivity contribution in [2.24, 2.45) is 0 Å². The molecule has 1 aliphatic rings. The average Bonchev–Trinajstić information content (AvgIpc) is 2.79. The number of rotatable bonds is 7. The Morgan fingerprint density at radius 1 is 1.16 bits per heavy atom. The van der Waals surface area contributed by atoms with Gasteiger partial charge in [0.25, 0.3) is 5.91 Å². The Labute approximate surface area is 187 Å². The van der Waals surface area contributed by atoms with E-state index in [1.165, 1.54) is 13.2 Å². The van der Waals surface area contributed by atoms with Crippen LogP contribution in [0.4, 0.5) is 5.69 Å². The lowest BCUT2D eigenvalue weighted by molar-refractivity contribution is -0.111. The Morgan fingerprint density at radius 2 is 1.90 bits per heavy atom. The van der Waals surface area contributed by atoms with Gasteiger partial charge in [0, 0.05) is 19.2 Å². The van der Waals surface area contributed by atoms with Crippen molar-refractivity contribution in [2.45, 2.75) is 26.2 Å². The molecule has 0 aromatic heterocycles. The van der Waals surface area contributed by atoms with Gasteiger partial charge in [0.2, 0.25) is 5.91 Å². The van der Waals surface area contributed by atoms with E-state index in [-0.39, 0.29) is 11.8 Å². The number of ether oxygens (including phenoxy) is 2. The minimum absolute atomic E-state index is 0.0531.